The first-order chi connectivity index (χ1) is 6.29. The summed E-state index contributed by atoms with van der Waals surface area (Å²) < 4.78 is 1.10. The van der Waals surface area contributed by atoms with Crippen LogP contribution in [0.25, 0.3) is 0 Å². The fraction of sp³-hybridized carbons (Fsp3) is 0.500. The van der Waals surface area contributed by atoms with Gasteiger partial charge in [-0.3, -0.25) is 9.19 Å². The van der Waals surface area contributed by atoms with Gasteiger partial charge in [-0.25, -0.2) is 0 Å². The smallest absolute Gasteiger partial charge is 0.132 e. The van der Waals surface area contributed by atoms with Gasteiger partial charge in [-0.15, -0.1) is 0 Å². The van der Waals surface area contributed by atoms with Crippen LogP contribution >= 0.6 is 0 Å². The molecule has 4 heteroatoms. The largest absolute Gasteiger partial charge is 1.00 e. The van der Waals surface area contributed by atoms with E-state index in [0.29, 0.717) is 0 Å². The maximum atomic E-state index is 2.26. The fourth-order valence-electron chi connectivity index (χ4n) is 1.96. The van der Waals surface area contributed by atoms with Crippen molar-refractivity contribution in [3.63, 3.8) is 0 Å². The molecule has 0 fully saturated rings. The number of benzene rings is 1. The quantitative estimate of drug-likeness (QED) is 0.751. The Labute approximate surface area is 97.2 Å². The van der Waals surface area contributed by atoms with E-state index in [1.807, 2.05) is 0 Å². The minimum Gasteiger partial charge on any atom is -1.00 e. The van der Waals surface area contributed by atoms with Crippen LogP contribution < -0.4 is 15.3 Å². The number of hydrogen-bond acceptors (Lipinski definition) is 1. The third kappa shape index (κ3) is 3.87. The molecule has 0 heterocycles. The molecule has 0 saturated heterocycles. The van der Waals surface area contributed by atoms with Gasteiger partial charge in [-0.1, -0.05) is 18.2 Å². The van der Waals surface area contributed by atoms with Gasteiger partial charge in [0, 0.05) is 0 Å². The zero-order valence-corrected chi connectivity index (χ0v) is 10.4. The second kappa shape index (κ2) is 9.24. The molecule has 0 aliphatic heterocycles. The van der Waals surface area contributed by atoms with Crippen molar-refractivity contribution < 1.29 is 9.41 Å². The number of halogens is 2. The predicted octanol–water partition coefficient (Wildman–Crippen LogP) is 0.372. The van der Waals surface area contributed by atoms with E-state index >= 15 is 0 Å². The molecule has 3 N–H and O–H groups in total. The van der Waals surface area contributed by atoms with Crippen molar-refractivity contribution in [2.45, 2.75) is 20.8 Å². The number of nitrogens with zero attached hydrogens (tertiary/aromatic N) is 1. The van der Waals surface area contributed by atoms with E-state index in [4.69, 9.17) is 0 Å². The Morgan fingerprint density at radius 3 is 1.56 bits per heavy atom. The molecule has 0 bridgehead atoms. The monoisotopic (exact) mass is 234 g/mol. The number of quaternary nitrogens is 1. The third-order valence-electron chi connectivity index (χ3n) is 3.12. The summed E-state index contributed by atoms with van der Waals surface area (Å²) in [7, 11) is 0. The van der Waals surface area contributed by atoms with E-state index in [2.05, 4.69) is 51.1 Å². The summed E-state index contributed by atoms with van der Waals surface area (Å²) in [5.74, 6) is 0. The summed E-state index contributed by atoms with van der Waals surface area (Å²) in [5, 5.41) is 0. The van der Waals surface area contributed by atoms with Crippen LogP contribution in [0.15, 0.2) is 30.3 Å². The first kappa shape index (κ1) is 20.4. The minimum atomic E-state index is 0. The van der Waals surface area contributed by atoms with Crippen LogP contribution in [-0.4, -0.2) is 19.6 Å². The van der Waals surface area contributed by atoms with Gasteiger partial charge in [0.1, 0.15) is 5.69 Å². The predicted molar refractivity (Wildman–Crippen MR) is 67.4 cm³/mol. The Morgan fingerprint density at radius 1 is 0.875 bits per heavy atom. The van der Waals surface area contributed by atoms with Crippen LogP contribution in [0.1, 0.15) is 20.8 Å². The Hall–Kier alpha value is -1.00. The average molecular weight is 234 g/mol. The van der Waals surface area contributed by atoms with E-state index in [9.17, 15) is 0 Å². The average Bonchev–Trinajstić information content (AvgIpc) is 2.23. The Kier molecular flexibility index (Phi) is 11.8. The van der Waals surface area contributed by atoms with Gasteiger partial charge in [0.2, 0.25) is 0 Å². The lowest BCUT2D eigenvalue weighted by molar-refractivity contribution is -0.00000420. The molecule has 0 aromatic heterocycles. The van der Waals surface area contributed by atoms with E-state index in [-0.39, 0.29) is 15.6 Å². The molecular weight excluding hydrogens is 210 g/mol. The molecule has 0 aliphatic rings. The summed E-state index contributed by atoms with van der Waals surface area (Å²) in [6, 6.07) is 10.8. The van der Waals surface area contributed by atoms with E-state index in [1.54, 1.807) is 0 Å². The van der Waals surface area contributed by atoms with Gasteiger partial charge >= 0.3 is 0 Å². The van der Waals surface area contributed by atoms with Gasteiger partial charge < -0.3 is 10.9 Å². The van der Waals surface area contributed by atoms with Crippen LogP contribution in [0.2, 0.25) is 0 Å². The molecule has 0 radical (unpaired) electrons. The molecule has 0 saturated carbocycles. The number of rotatable bonds is 4. The van der Waals surface area contributed by atoms with Gasteiger partial charge in [-0.2, -0.15) is 0 Å². The molecule has 1 aromatic rings. The molecule has 0 atom stereocenters. The zero-order valence-electron chi connectivity index (χ0n) is 10.4. The van der Waals surface area contributed by atoms with Crippen LogP contribution in [0.5, 0.6) is 0 Å². The maximum absolute atomic E-state index is 2.26. The second-order valence-corrected chi connectivity index (χ2v) is 3.43. The zero-order chi connectivity index (χ0) is 9.73. The molecule has 0 spiro atoms. The Bertz CT molecular complexity index is 240. The first-order valence-corrected chi connectivity index (χ1v) is 5.20. The van der Waals surface area contributed by atoms with Crippen LogP contribution in [0.3, 0.4) is 0 Å². The lowest BCUT2D eigenvalue weighted by Gasteiger charge is -2.35. The van der Waals surface area contributed by atoms with Crippen LogP contribution in [0.4, 0.5) is 10.4 Å². The molecule has 2 nitrogen and oxygen atoms in total. The molecular formula is C12H24F2N2. The number of para-hydroxylation sites is 1. The van der Waals surface area contributed by atoms with Crippen molar-refractivity contribution in [2.24, 2.45) is 0 Å². The van der Waals surface area contributed by atoms with Gasteiger partial charge in [-0.05, 0) is 32.9 Å². The van der Waals surface area contributed by atoms with E-state index < -0.39 is 0 Å². The third-order valence-corrected chi connectivity index (χ3v) is 3.12. The highest BCUT2D eigenvalue weighted by molar-refractivity contribution is 5.42. The van der Waals surface area contributed by atoms with Crippen molar-refractivity contribution in [1.29, 1.82) is 0 Å². The molecule has 0 unspecified atom stereocenters. The van der Waals surface area contributed by atoms with Crippen molar-refractivity contribution >= 4 is 5.69 Å². The normalized spacial score (nSPS) is 9.44. The van der Waals surface area contributed by atoms with Gasteiger partial charge in [0.15, 0.2) is 0 Å². The van der Waals surface area contributed by atoms with Crippen molar-refractivity contribution in [3.8, 4) is 0 Å². The summed E-state index contributed by atoms with van der Waals surface area (Å²) in [6.45, 7) is 10.3. The second-order valence-electron chi connectivity index (χ2n) is 3.43. The molecule has 1 aromatic carbocycles. The standard InChI is InChI=1S/C12H20N.2FH.H3N/c1-4-13(5-2,6-3)12-10-8-7-9-11-12;;;/h7-11H,4-6H2,1-3H3;2*1H;1H3/q+1;;;/p-1. The van der Waals surface area contributed by atoms with Crippen LogP contribution in [0, 0.1) is 0 Å². The summed E-state index contributed by atoms with van der Waals surface area (Å²) in [6.07, 6.45) is 0. The summed E-state index contributed by atoms with van der Waals surface area (Å²) in [4.78, 5) is 0. The summed E-state index contributed by atoms with van der Waals surface area (Å²) in [5.41, 5.74) is 1.44. The first-order valence-electron chi connectivity index (χ1n) is 5.20. The fourth-order valence-corrected chi connectivity index (χ4v) is 1.96. The topological polar surface area (TPSA) is 35.0 Å². The van der Waals surface area contributed by atoms with Crippen molar-refractivity contribution in [2.75, 3.05) is 19.6 Å². The Morgan fingerprint density at radius 2 is 1.25 bits per heavy atom. The SMILES string of the molecule is CC[N+](CC)(CC)c1ccccc1.F.N.[F-]. The Balaban J connectivity index is -0.000000563. The molecule has 0 aliphatic carbocycles. The van der Waals surface area contributed by atoms with E-state index in [1.165, 1.54) is 25.3 Å². The van der Waals surface area contributed by atoms with Crippen molar-refractivity contribution in [3.05, 3.63) is 30.3 Å². The highest BCUT2D eigenvalue weighted by Crippen LogP contribution is 2.21. The van der Waals surface area contributed by atoms with Gasteiger partial charge in [0.05, 0.1) is 19.6 Å². The lowest BCUT2D eigenvalue weighted by atomic mass is 10.2. The summed E-state index contributed by atoms with van der Waals surface area (Å²) >= 11 is 0. The van der Waals surface area contributed by atoms with E-state index in [0.717, 1.165) is 4.48 Å². The molecule has 1 rings (SSSR count). The number of hydrogen-bond donors (Lipinski definition) is 1. The molecule has 96 valence electrons. The van der Waals surface area contributed by atoms with Crippen molar-refractivity contribution in [1.82, 2.24) is 10.6 Å². The highest BCUT2D eigenvalue weighted by Gasteiger charge is 2.23. The molecule has 0 amide bonds. The minimum absolute atomic E-state index is 0. The van der Waals surface area contributed by atoms with Gasteiger partial charge in [0.25, 0.3) is 0 Å². The molecule has 16 heavy (non-hydrogen) atoms. The van der Waals surface area contributed by atoms with Crippen LogP contribution in [-0.2, 0) is 0 Å². The highest BCUT2D eigenvalue weighted by atomic mass is 19.0. The maximum Gasteiger partial charge on any atom is 0.132 e. The lowest BCUT2D eigenvalue weighted by Crippen LogP contribution is -3.00.